The first kappa shape index (κ1) is 12.2. The van der Waals surface area contributed by atoms with Gasteiger partial charge in [-0.1, -0.05) is 0 Å². The highest BCUT2D eigenvalue weighted by Crippen LogP contribution is 2.48. The van der Waals surface area contributed by atoms with Crippen molar-refractivity contribution >= 4 is 11.9 Å². The van der Waals surface area contributed by atoms with E-state index < -0.39 is 11.9 Å². The fourth-order valence-electron chi connectivity index (χ4n) is 3.65. The number of carbonyl (C=O) groups is 2. The van der Waals surface area contributed by atoms with Crippen LogP contribution in [-0.2, 0) is 16.0 Å². The largest absolute Gasteiger partial charge is 0.481 e. The number of hydrogen-bond donors (Lipinski definition) is 3. The van der Waals surface area contributed by atoms with E-state index in [-0.39, 0.29) is 24.3 Å². The first-order chi connectivity index (χ1) is 9.15. The third-order valence-electron chi connectivity index (χ3n) is 4.44. The maximum absolute atomic E-state index is 12.0. The number of nitrogens with one attached hydrogen (secondary N) is 2. The smallest absolute Gasteiger partial charge is 0.308 e. The topological polar surface area (TPSA) is 95.1 Å². The summed E-state index contributed by atoms with van der Waals surface area (Å²) in [4.78, 5) is 23.3. The number of fused-ring (bicyclic) bond motifs is 2. The Labute approximate surface area is 110 Å². The van der Waals surface area contributed by atoms with Crippen LogP contribution < -0.4 is 5.32 Å². The molecule has 1 aromatic rings. The molecule has 3 rings (SSSR count). The van der Waals surface area contributed by atoms with Crippen LogP contribution in [-0.4, -0.2) is 33.2 Å². The SMILES string of the molecule is O=C(Cc1ccn[nH]1)NC1C2CCC(C2)C1C(=O)O. The van der Waals surface area contributed by atoms with Crippen molar-refractivity contribution in [2.24, 2.45) is 17.8 Å². The summed E-state index contributed by atoms with van der Waals surface area (Å²) in [5.41, 5.74) is 0.743. The maximum Gasteiger partial charge on any atom is 0.308 e. The third kappa shape index (κ3) is 2.22. The molecule has 1 heterocycles. The average Bonchev–Trinajstić information content (AvgIpc) is 3.03. The van der Waals surface area contributed by atoms with E-state index in [1.54, 1.807) is 12.3 Å². The van der Waals surface area contributed by atoms with Crippen molar-refractivity contribution in [2.75, 3.05) is 0 Å². The second kappa shape index (κ2) is 4.68. The van der Waals surface area contributed by atoms with E-state index in [4.69, 9.17) is 0 Å². The minimum Gasteiger partial charge on any atom is -0.481 e. The van der Waals surface area contributed by atoms with Crippen molar-refractivity contribution in [3.63, 3.8) is 0 Å². The minimum absolute atomic E-state index is 0.131. The summed E-state index contributed by atoms with van der Waals surface area (Å²) in [6.45, 7) is 0. The summed E-state index contributed by atoms with van der Waals surface area (Å²) >= 11 is 0. The molecule has 2 saturated carbocycles. The Hall–Kier alpha value is -1.85. The lowest BCUT2D eigenvalue weighted by atomic mass is 9.84. The van der Waals surface area contributed by atoms with Gasteiger partial charge >= 0.3 is 5.97 Å². The summed E-state index contributed by atoms with van der Waals surface area (Å²) in [6.07, 6.45) is 4.77. The summed E-state index contributed by atoms with van der Waals surface area (Å²) in [5.74, 6) is -0.756. The van der Waals surface area contributed by atoms with Crippen molar-refractivity contribution in [2.45, 2.75) is 31.7 Å². The fourth-order valence-corrected chi connectivity index (χ4v) is 3.65. The number of hydrogen-bond acceptors (Lipinski definition) is 3. The van der Waals surface area contributed by atoms with Gasteiger partial charge in [-0.3, -0.25) is 14.7 Å². The molecule has 2 fully saturated rings. The van der Waals surface area contributed by atoms with Gasteiger partial charge in [0, 0.05) is 17.9 Å². The molecule has 2 aliphatic rings. The molecule has 1 amide bonds. The number of aromatic nitrogens is 2. The summed E-state index contributed by atoms with van der Waals surface area (Å²) in [5, 5.41) is 18.7. The van der Waals surface area contributed by atoms with E-state index in [9.17, 15) is 14.7 Å². The number of amides is 1. The Morgan fingerprint density at radius 2 is 2.21 bits per heavy atom. The molecule has 0 radical (unpaired) electrons. The highest BCUT2D eigenvalue weighted by molar-refractivity contribution is 5.80. The molecule has 0 spiro atoms. The molecule has 19 heavy (non-hydrogen) atoms. The number of nitrogens with zero attached hydrogens (tertiary/aromatic N) is 1. The zero-order chi connectivity index (χ0) is 13.4. The van der Waals surface area contributed by atoms with Gasteiger partial charge in [0.05, 0.1) is 12.3 Å². The molecule has 3 N–H and O–H groups in total. The van der Waals surface area contributed by atoms with Crippen molar-refractivity contribution in [1.29, 1.82) is 0 Å². The Morgan fingerprint density at radius 3 is 2.89 bits per heavy atom. The van der Waals surface area contributed by atoms with Gasteiger partial charge in [-0.25, -0.2) is 0 Å². The van der Waals surface area contributed by atoms with E-state index in [0.29, 0.717) is 5.92 Å². The molecule has 0 aliphatic heterocycles. The van der Waals surface area contributed by atoms with Crippen LogP contribution in [0.5, 0.6) is 0 Å². The predicted octanol–water partition coefficient (Wildman–Crippen LogP) is 0.568. The van der Waals surface area contributed by atoms with Gasteiger partial charge < -0.3 is 10.4 Å². The van der Waals surface area contributed by atoms with Crippen LogP contribution in [0.15, 0.2) is 12.3 Å². The van der Waals surface area contributed by atoms with E-state index in [2.05, 4.69) is 15.5 Å². The van der Waals surface area contributed by atoms with E-state index in [0.717, 1.165) is 25.0 Å². The van der Waals surface area contributed by atoms with Gasteiger partial charge in [0.25, 0.3) is 0 Å². The number of rotatable bonds is 4. The van der Waals surface area contributed by atoms with Gasteiger partial charge in [-0.05, 0) is 37.2 Å². The molecule has 6 nitrogen and oxygen atoms in total. The summed E-state index contributed by atoms with van der Waals surface area (Å²) in [6, 6.07) is 1.54. The Kier molecular flexibility index (Phi) is 3.00. The Balaban J connectivity index is 1.65. The second-order valence-electron chi connectivity index (χ2n) is 5.55. The van der Waals surface area contributed by atoms with Crippen molar-refractivity contribution < 1.29 is 14.7 Å². The van der Waals surface area contributed by atoms with Crippen LogP contribution in [0.3, 0.4) is 0 Å². The number of aromatic amines is 1. The molecule has 0 aromatic carbocycles. The normalized spacial score (nSPS) is 32.4. The summed E-state index contributed by atoms with van der Waals surface area (Å²) < 4.78 is 0. The van der Waals surface area contributed by atoms with Crippen LogP contribution in [0.25, 0.3) is 0 Å². The van der Waals surface area contributed by atoms with Crippen LogP contribution in [0, 0.1) is 17.8 Å². The Bertz CT molecular complexity index is 485. The van der Waals surface area contributed by atoms with E-state index in [1.165, 1.54) is 0 Å². The van der Waals surface area contributed by atoms with Gasteiger partial charge in [0.15, 0.2) is 0 Å². The number of carboxylic acid groups (broad SMARTS) is 1. The molecular formula is C13H17N3O3. The molecular weight excluding hydrogens is 246 g/mol. The highest BCUT2D eigenvalue weighted by atomic mass is 16.4. The first-order valence-corrected chi connectivity index (χ1v) is 6.65. The minimum atomic E-state index is -0.779. The highest BCUT2D eigenvalue weighted by Gasteiger charge is 2.51. The molecule has 6 heteroatoms. The zero-order valence-electron chi connectivity index (χ0n) is 10.5. The van der Waals surface area contributed by atoms with Gasteiger partial charge in [-0.2, -0.15) is 5.10 Å². The quantitative estimate of drug-likeness (QED) is 0.740. The number of carbonyl (C=O) groups excluding carboxylic acids is 1. The van der Waals surface area contributed by atoms with Crippen LogP contribution in [0.2, 0.25) is 0 Å². The summed E-state index contributed by atoms with van der Waals surface area (Å²) in [7, 11) is 0. The van der Waals surface area contributed by atoms with Crippen molar-refractivity contribution in [3.8, 4) is 0 Å². The van der Waals surface area contributed by atoms with Crippen LogP contribution >= 0.6 is 0 Å². The van der Waals surface area contributed by atoms with E-state index in [1.807, 2.05) is 0 Å². The molecule has 2 aliphatic carbocycles. The van der Waals surface area contributed by atoms with Gasteiger partial charge in [0.1, 0.15) is 0 Å². The lowest BCUT2D eigenvalue weighted by molar-refractivity contribution is -0.144. The molecule has 2 bridgehead atoms. The maximum atomic E-state index is 12.0. The first-order valence-electron chi connectivity index (χ1n) is 6.65. The average molecular weight is 263 g/mol. The molecule has 1 aromatic heterocycles. The Morgan fingerprint density at radius 1 is 1.42 bits per heavy atom. The van der Waals surface area contributed by atoms with Crippen molar-refractivity contribution in [1.82, 2.24) is 15.5 Å². The number of carboxylic acids is 1. The molecule has 4 unspecified atom stereocenters. The molecule has 0 saturated heterocycles. The second-order valence-corrected chi connectivity index (χ2v) is 5.55. The molecule has 102 valence electrons. The van der Waals surface area contributed by atoms with E-state index >= 15 is 0 Å². The number of H-pyrrole nitrogens is 1. The van der Waals surface area contributed by atoms with Gasteiger partial charge in [-0.15, -0.1) is 0 Å². The van der Waals surface area contributed by atoms with Crippen LogP contribution in [0.1, 0.15) is 25.0 Å². The lowest BCUT2D eigenvalue weighted by Crippen LogP contribution is -2.47. The van der Waals surface area contributed by atoms with Crippen LogP contribution in [0.4, 0.5) is 0 Å². The molecule has 4 atom stereocenters. The standard InChI is InChI=1S/C13H17N3O3/c17-10(6-9-3-4-14-16-9)15-12-8-2-1-7(5-8)11(12)13(18)19/h3-4,7-8,11-12H,1-2,5-6H2,(H,14,16)(H,15,17)(H,18,19). The van der Waals surface area contributed by atoms with Gasteiger partial charge in [0.2, 0.25) is 5.91 Å². The fraction of sp³-hybridized carbons (Fsp3) is 0.615. The zero-order valence-corrected chi connectivity index (χ0v) is 10.5. The van der Waals surface area contributed by atoms with Crippen molar-refractivity contribution in [3.05, 3.63) is 18.0 Å². The predicted molar refractivity (Wildman–Crippen MR) is 66.2 cm³/mol. The monoisotopic (exact) mass is 263 g/mol. The third-order valence-corrected chi connectivity index (χ3v) is 4.44. The lowest BCUT2D eigenvalue weighted by Gasteiger charge is -2.28. The number of aliphatic carboxylic acids is 1.